The fourth-order valence-electron chi connectivity index (χ4n) is 2.70. The molecular weight excluding hydrogens is 397 g/mol. The van der Waals surface area contributed by atoms with Crippen LogP contribution in [0.4, 0.5) is 33.3 Å². The Hall–Kier alpha value is -3.01. The van der Waals surface area contributed by atoms with E-state index in [9.17, 15) is 31.5 Å². The molecule has 0 fully saturated rings. The Kier molecular flexibility index (Phi) is 6.91. The maximum absolute atomic E-state index is 13.6. The van der Waals surface area contributed by atoms with E-state index in [-0.39, 0.29) is 6.54 Å². The first-order valence-electron chi connectivity index (χ1n) is 8.51. The number of halogens is 5. The number of amides is 2. The highest BCUT2D eigenvalue weighted by Gasteiger charge is 2.27. The Morgan fingerprint density at radius 3 is 1.59 bits per heavy atom. The second-order valence-electron chi connectivity index (χ2n) is 6.62. The molecule has 0 aliphatic carbocycles. The van der Waals surface area contributed by atoms with Crippen LogP contribution in [0.5, 0.6) is 0 Å². The fraction of sp³-hybridized carbons (Fsp3) is 0.263. The van der Waals surface area contributed by atoms with E-state index in [1.165, 1.54) is 7.05 Å². The molecule has 3 N–H and O–H groups in total. The quantitative estimate of drug-likeness (QED) is 0.384. The van der Waals surface area contributed by atoms with Gasteiger partial charge in [-0.1, -0.05) is 18.2 Å². The maximum Gasteiger partial charge on any atom is 0.279 e. The number of quaternary nitrogens is 1. The van der Waals surface area contributed by atoms with Crippen LogP contribution in [0.25, 0.3) is 0 Å². The van der Waals surface area contributed by atoms with E-state index >= 15 is 0 Å². The average Bonchev–Trinajstić information content (AvgIpc) is 2.65. The van der Waals surface area contributed by atoms with Gasteiger partial charge in [-0.3, -0.25) is 9.59 Å². The molecule has 0 bridgehead atoms. The SMILES string of the molecule is Cc1cccc(C)c1NC(=O)C[NH+](C)CC(=O)Nc1c(F)c(F)c(F)c(F)c1F. The van der Waals surface area contributed by atoms with Gasteiger partial charge in [-0.05, 0) is 25.0 Å². The lowest BCUT2D eigenvalue weighted by Crippen LogP contribution is -3.11. The third-order valence-electron chi connectivity index (χ3n) is 4.14. The smallest absolute Gasteiger partial charge is 0.279 e. The molecule has 0 aromatic heterocycles. The average molecular weight is 416 g/mol. The first-order valence-corrected chi connectivity index (χ1v) is 8.51. The van der Waals surface area contributed by atoms with Crippen molar-refractivity contribution < 1.29 is 36.4 Å². The van der Waals surface area contributed by atoms with Crippen molar-refractivity contribution in [1.82, 2.24) is 0 Å². The zero-order chi connectivity index (χ0) is 21.9. The monoisotopic (exact) mass is 416 g/mol. The van der Waals surface area contributed by atoms with Gasteiger partial charge in [-0.15, -0.1) is 0 Å². The molecule has 0 heterocycles. The van der Waals surface area contributed by atoms with Crippen molar-refractivity contribution in [2.45, 2.75) is 13.8 Å². The van der Waals surface area contributed by atoms with Gasteiger partial charge >= 0.3 is 0 Å². The van der Waals surface area contributed by atoms with E-state index in [4.69, 9.17) is 0 Å². The van der Waals surface area contributed by atoms with Gasteiger partial charge in [0.05, 0.1) is 7.05 Å². The van der Waals surface area contributed by atoms with Crippen LogP contribution in [-0.4, -0.2) is 32.0 Å². The topological polar surface area (TPSA) is 62.6 Å². The number of aryl methyl sites for hydroxylation is 2. The lowest BCUT2D eigenvalue weighted by atomic mass is 10.1. The van der Waals surface area contributed by atoms with Crippen LogP contribution >= 0.6 is 0 Å². The second kappa shape index (κ2) is 8.99. The van der Waals surface area contributed by atoms with Crippen molar-refractivity contribution >= 4 is 23.2 Å². The minimum Gasteiger partial charge on any atom is -0.322 e. The van der Waals surface area contributed by atoms with Crippen LogP contribution in [0.15, 0.2) is 18.2 Å². The van der Waals surface area contributed by atoms with Crippen molar-refractivity contribution in [3.8, 4) is 0 Å². The van der Waals surface area contributed by atoms with Crippen molar-refractivity contribution in [2.24, 2.45) is 0 Å². The number of para-hydroxylation sites is 1. The number of likely N-dealkylation sites (N-methyl/N-ethyl adjacent to an activating group) is 1. The predicted molar refractivity (Wildman–Crippen MR) is 96.0 cm³/mol. The molecule has 2 aromatic carbocycles. The molecule has 156 valence electrons. The van der Waals surface area contributed by atoms with Crippen LogP contribution in [-0.2, 0) is 9.59 Å². The lowest BCUT2D eigenvalue weighted by molar-refractivity contribution is -0.862. The highest BCUT2D eigenvalue weighted by Crippen LogP contribution is 2.26. The molecule has 0 saturated heterocycles. The van der Waals surface area contributed by atoms with Crippen LogP contribution in [0.1, 0.15) is 11.1 Å². The van der Waals surface area contributed by atoms with Crippen molar-refractivity contribution in [1.29, 1.82) is 0 Å². The standard InChI is InChI=1S/C19H18F5N3O2/c1-9-5-4-6-10(2)18(9)25-11(28)7-27(3)8-12(29)26-19-16(23)14(21)13(20)15(22)17(19)24/h4-6H,7-8H2,1-3H3,(H,25,28)(H,26,29)/p+1. The molecule has 0 aliphatic heterocycles. The Morgan fingerprint density at radius 2 is 1.14 bits per heavy atom. The summed E-state index contributed by atoms with van der Waals surface area (Å²) < 4.78 is 66.7. The zero-order valence-corrected chi connectivity index (χ0v) is 15.9. The third-order valence-corrected chi connectivity index (χ3v) is 4.14. The molecule has 2 rings (SSSR count). The van der Waals surface area contributed by atoms with Gasteiger partial charge in [-0.2, -0.15) is 0 Å². The van der Waals surface area contributed by atoms with Gasteiger partial charge in [0.15, 0.2) is 36.4 Å². The minimum atomic E-state index is -2.32. The number of nitrogens with one attached hydrogen (secondary N) is 3. The molecule has 0 saturated carbocycles. The largest absolute Gasteiger partial charge is 0.322 e. The Labute approximate surface area is 163 Å². The second-order valence-corrected chi connectivity index (χ2v) is 6.62. The van der Waals surface area contributed by atoms with Gasteiger partial charge < -0.3 is 15.5 Å². The van der Waals surface area contributed by atoms with Gasteiger partial charge in [-0.25, -0.2) is 22.0 Å². The minimum absolute atomic E-state index is 0.168. The summed E-state index contributed by atoms with van der Waals surface area (Å²) in [4.78, 5) is 24.5. The van der Waals surface area contributed by atoms with Crippen LogP contribution in [0.2, 0.25) is 0 Å². The summed E-state index contributed by atoms with van der Waals surface area (Å²) in [5, 5.41) is 4.39. The lowest BCUT2D eigenvalue weighted by Gasteiger charge is -2.16. The van der Waals surface area contributed by atoms with Crippen LogP contribution in [0.3, 0.4) is 0 Å². The maximum atomic E-state index is 13.6. The summed E-state index contributed by atoms with van der Waals surface area (Å²) >= 11 is 0. The molecule has 1 atom stereocenters. The molecule has 0 spiro atoms. The number of carbonyl (C=O) groups is 2. The van der Waals surface area contributed by atoms with Crippen LogP contribution < -0.4 is 15.5 Å². The van der Waals surface area contributed by atoms with E-state index in [1.54, 1.807) is 5.32 Å². The fourth-order valence-corrected chi connectivity index (χ4v) is 2.70. The Bertz CT molecular complexity index is 916. The van der Waals surface area contributed by atoms with Gasteiger partial charge in [0, 0.05) is 5.69 Å². The van der Waals surface area contributed by atoms with Crippen molar-refractivity contribution in [3.05, 3.63) is 58.4 Å². The van der Waals surface area contributed by atoms with E-state index in [1.807, 2.05) is 32.0 Å². The summed E-state index contributed by atoms with van der Waals surface area (Å²) in [5.41, 5.74) is 0.899. The molecule has 5 nitrogen and oxygen atoms in total. The summed E-state index contributed by atoms with van der Waals surface area (Å²) in [6.07, 6.45) is 0. The molecular formula is C19H19F5N3O2+. The molecule has 29 heavy (non-hydrogen) atoms. The third kappa shape index (κ3) is 5.08. The molecule has 0 radical (unpaired) electrons. The summed E-state index contributed by atoms with van der Waals surface area (Å²) in [5.74, 6) is -12.3. The van der Waals surface area contributed by atoms with Gasteiger partial charge in [0.1, 0.15) is 5.69 Å². The molecule has 10 heteroatoms. The van der Waals surface area contributed by atoms with E-state index < -0.39 is 53.1 Å². The van der Waals surface area contributed by atoms with Gasteiger partial charge in [0.25, 0.3) is 11.8 Å². The number of rotatable bonds is 6. The van der Waals surface area contributed by atoms with Crippen molar-refractivity contribution in [3.63, 3.8) is 0 Å². The normalized spacial score (nSPS) is 11.9. The van der Waals surface area contributed by atoms with E-state index in [0.717, 1.165) is 11.1 Å². The van der Waals surface area contributed by atoms with Gasteiger partial charge in [0.2, 0.25) is 5.82 Å². The highest BCUT2D eigenvalue weighted by molar-refractivity contribution is 5.94. The number of hydrogen-bond acceptors (Lipinski definition) is 2. The van der Waals surface area contributed by atoms with E-state index in [2.05, 4.69) is 5.32 Å². The molecule has 0 aliphatic rings. The Balaban J connectivity index is 2.00. The highest BCUT2D eigenvalue weighted by atomic mass is 19.2. The summed E-state index contributed by atoms with van der Waals surface area (Å²) in [7, 11) is 1.46. The number of carbonyl (C=O) groups excluding carboxylic acids is 2. The summed E-state index contributed by atoms with van der Waals surface area (Å²) in [6, 6.07) is 5.47. The zero-order valence-electron chi connectivity index (χ0n) is 15.9. The number of benzene rings is 2. The first kappa shape index (κ1) is 22.3. The molecule has 1 unspecified atom stereocenters. The predicted octanol–water partition coefficient (Wildman–Crippen LogP) is 2.09. The Morgan fingerprint density at radius 1 is 0.759 bits per heavy atom. The van der Waals surface area contributed by atoms with Crippen LogP contribution in [0, 0.1) is 42.9 Å². The van der Waals surface area contributed by atoms with E-state index in [0.29, 0.717) is 10.6 Å². The molecule has 2 aromatic rings. The van der Waals surface area contributed by atoms with Crippen molar-refractivity contribution in [2.75, 3.05) is 30.8 Å². The summed E-state index contributed by atoms with van der Waals surface area (Å²) in [6.45, 7) is 3.02. The first-order chi connectivity index (χ1) is 13.5. The number of anilines is 2. The number of hydrogen-bond donors (Lipinski definition) is 3. The molecule has 2 amide bonds.